The van der Waals surface area contributed by atoms with Gasteiger partial charge in [-0.2, -0.15) is 0 Å². The monoisotopic (exact) mass is 1830 g/mol. The minimum Gasteiger partial charge on any atom is -0.460 e. The third kappa shape index (κ3) is 22.2. The minimum atomic E-state index is -4.28. The van der Waals surface area contributed by atoms with E-state index in [2.05, 4.69) is 52.1 Å². The van der Waals surface area contributed by atoms with Crippen LogP contribution in [-0.2, 0) is 107 Å². The number of nitrogens with one attached hydrogen (secondary N) is 4. The zero-order chi connectivity index (χ0) is 92.5. The van der Waals surface area contributed by atoms with E-state index in [0.717, 1.165) is 10.4 Å². The zero-order valence-corrected chi connectivity index (χ0v) is 76.2. The molecule has 6 aliphatic rings. The number of alkyl carbamates (subject to hydrolysis) is 4. The summed E-state index contributed by atoms with van der Waals surface area (Å²) in [5.74, 6) is -2.86. The minimum absolute atomic E-state index is 0.136. The maximum absolute atomic E-state index is 15.2. The van der Waals surface area contributed by atoms with Crippen molar-refractivity contribution in [1.29, 1.82) is 0 Å². The number of esters is 2. The summed E-state index contributed by atoms with van der Waals surface area (Å²) in [7, 11) is -8.01. The average molecular weight is 1840 g/mol. The van der Waals surface area contributed by atoms with Crippen molar-refractivity contribution in [3.8, 4) is 0 Å². The van der Waals surface area contributed by atoms with E-state index in [-0.39, 0.29) is 65.4 Å². The van der Waals surface area contributed by atoms with Gasteiger partial charge in [-0.25, -0.2) is 24.0 Å². The van der Waals surface area contributed by atoms with Gasteiger partial charge in [-0.05, 0) is 71.5 Å². The summed E-state index contributed by atoms with van der Waals surface area (Å²) in [6.45, 7) is 10.8. The number of rotatable bonds is 32. The van der Waals surface area contributed by atoms with Crippen molar-refractivity contribution in [2.75, 3.05) is 19.7 Å². The molecular formula is C99H110N8O23Si2. The summed E-state index contributed by atoms with van der Waals surface area (Å²) in [6.07, 6.45) is -25.9. The van der Waals surface area contributed by atoms with Crippen LogP contribution in [0.15, 0.2) is 278 Å². The van der Waals surface area contributed by atoms with Crippen molar-refractivity contribution < 1.29 is 109 Å². The Morgan fingerprint density at radius 1 is 0.508 bits per heavy atom. The zero-order valence-electron chi connectivity index (χ0n) is 74.2. The molecule has 31 nitrogen and oxygen atoms in total. The molecule has 692 valence electrons. The van der Waals surface area contributed by atoms with Gasteiger partial charge in [-0.15, -0.1) is 0 Å². The molecule has 1 aliphatic carbocycles. The number of ether oxygens (including phenoxy) is 14. The number of benzene rings is 9. The Hall–Kier alpha value is -12.3. The highest BCUT2D eigenvalue weighted by molar-refractivity contribution is 6.99. The molecule has 19 atom stereocenters. The molecule has 1 saturated carbocycles. The first-order valence-electron chi connectivity index (χ1n) is 44.3. The number of hydrogen-bond donors (Lipinski definition) is 5. The lowest BCUT2D eigenvalue weighted by Crippen LogP contribution is -2.70. The summed E-state index contributed by atoms with van der Waals surface area (Å²) < 4.78 is 104. The Morgan fingerprint density at radius 2 is 0.955 bits per heavy atom. The first-order chi connectivity index (χ1) is 63.8. The largest absolute Gasteiger partial charge is 0.460 e. The molecule has 132 heavy (non-hydrogen) atoms. The fourth-order valence-corrected chi connectivity index (χ4v) is 27.2. The molecule has 0 spiro atoms. The summed E-state index contributed by atoms with van der Waals surface area (Å²) in [5.41, 5.74) is 13.0. The van der Waals surface area contributed by atoms with Crippen LogP contribution in [0.1, 0.15) is 102 Å². The molecule has 6 fully saturated rings. The second-order valence-corrected chi connectivity index (χ2v) is 43.5. The van der Waals surface area contributed by atoms with Gasteiger partial charge in [-0.1, -0.05) is 313 Å². The fraction of sp³-hybridized carbons (Fsp3) is 0.384. The second-order valence-electron chi connectivity index (χ2n) is 35.2. The summed E-state index contributed by atoms with van der Waals surface area (Å²) in [5, 5.41) is 16.6. The van der Waals surface area contributed by atoms with E-state index in [1.165, 1.54) is 18.7 Å². The van der Waals surface area contributed by atoms with Crippen molar-refractivity contribution in [1.82, 2.24) is 26.2 Å². The molecule has 5 heterocycles. The number of azide groups is 1. The highest BCUT2D eigenvalue weighted by Gasteiger charge is 2.64. The van der Waals surface area contributed by atoms with E-state index >= 15 is 9.59 Å². The third-order valence-corrected chi connectivity index (χ3v) is 34.4. The van der Waals surface area contributed by atoms with Crippen molar-refractivity contribution in [2.45, 2.75) is 215 Å². The molecule has 0 aromatic heterocycles. The average Bonchev–Trinajstić information content (AvgIpc) is 1.19. The van der Waals surface area contributed by atoms with E-state index in [4.69, 9.17) is 70.7 Å². The number of carbonyl (C=O) groups excluding carboxylic acids is 7. The highest BCUT2D eigenvalue weighted by atomic mass is 28.4. The van der Waals surface area contributed by atoms with Crippen LogP contribution in [0, 0.1) is 5.92 Å². The van der Waals surface area contributed by atoms with Gasteiger partial charge < -0.3 is 96.8 Å². The first-order valence-corrected chi connectivity index (χ1v) is 48.1. The molecule has 0 bridgehead atoms. The lowest BCUT2D eigenvalue weighted by molar-refractivity contribution is -0.322. The van der Waals surface area contributed by atoms with Crippen LogP contribution in [-0.4, -0.2) is 193 Å². The van der Waals surface area contributed by atoms with E-state index in [9.17, 15) is 34.3 Å². The quantitative estimate of drug-likeness (QED) is 0.00653. The van der Waals surface area contributed by atoms with Crippen LogP contribution in [0.2, 0.25) is 10.1 Å². The molecule has 5 N–H and O–H groups in total. The summed E-state index contributed by atoms with van der Waals surface area (Å²) in [6, 6.07) is 77.7. The van der Waals surface area contributed by atoms with Crippen LogP contribution in [0.25, 0.3) is 10.4 Å². The number of carbonyl (C=O) groups is 7. The van der Waals surface area contributed by atoms with Crippen molar-refractivity contribution in [3.05, 3.63) is 311 Å². The summed E-state index contributed by atoms with van der Waals surface area (Å²) >= 11 is 0. The molecule has 5 saturated heterocycles. The van der Waals surface area contributed by atoms with E-state index in [1.54, 1.807) is 109 Å². The van der Waals surface area contributed by atoms with Gasteiger partial charge in [0.1, 0.15) is 75.1 Å². The standard InChI is InChI=1S/C99H110N8O23Si2/c1-63(108)121-78-53-70(56-101-106-100)123-91(81(78)104-94(111)117-59-66-37-19-9-20-38-66)128-84-76(102-93(110)116-58-65-35-17-8-18-36-65)54-77-85(130-96(113)103-77)88(84)129-90-75(55-99(6,7)131(115,71-45-27-13-28-46-71)72-47-29-14-30-48-72)83(80(125-90)62-120-132(98(3,4)5,73-49-31-15-32-50-73)74-51-33-16-34-52-74)127-92-82(105-95(112)118-60-67-39-21-10-22-40-67)87(122-64(2)109)86-79(124-92)57-107(89(126-86)69-43-25-12-26-44-69)97(114)119-61-68-41-23-11-24-42-68/h8-52,70,75-92,115H,53-62H2,1-7H3,(H,102,110)(H,103,113)(H,104,111)(H,105,112)/t70-,75+,76-,77+,78+,79-,80+,81+,82+,83-,84+,85-,86+,87+,88-,89?,90-,91+,92+/m0/s1. The SMILES string of the molecule is CC(=O)O[C@@H]1[C@@H](NC(=O)OCc2ccccc2)[C@@H](O[C@H]2[C@@H](CC(C)(C)[Si](O)(c3ccccc3)c3ccccc3)[C@H](O[C@@H]3[C@H]4OC(=O)N[C@@H]4C[C@H](NC(=O)OCc4ccccc4)[C@H]3O[C@H]3O[C@H](CN=[N+]=[N-])C[C@@H](OC(C)=O)[C@H]3NC(=O)OCc3ccccc3)O[C@@H]2CO[Si](c2ccccc2)(c2ccccc2)C(C)(C)C)O[C@H]2CN(C(=O)OCc3ccccc3)C(c3ccccc3)O[C@@H]12. The van der Waals surface area contributed by atoms with Gasteiger partial charge in [0, 0.05) is 36.7 Å². The van der Waals surface area contributed by atoms with Crippen LogP contribution in [0.5, 0.6) is 0 Å². The Balaban J connectivity index is 0.920. The molecule has 33 heteroatoms. The molecule has 0 radical (unpaired) electrons. The Labute approximate surface area is 767 Å². The maximum Gasteiger partial charge on any atom is 0.412 e. The van der Waals surface area contributed by atoms with E-state index in [0.29, 0.717) is 38.2 Å². The Morgan fingerprint density at radius 3 is 1.45 bits per heavy atom. The molecule has 5 aliphatic heterocycles. The van der Waals surface area contributed by atoms with Gasteiger partial charge in [0.25, 0.3) is 16.6 Å². The normalized spacial score (nSPS) is 25.8. The number of amides is 5. The van der Waals surface area contributed by atoms with E-state index < -0.39 is 185 Å². The molecular weight excluding hydrogens is 1730 g/mol. The second kappa shape index (κ2) is 42.9. The van der Waals surface area contributed by atoms with Crippen molar-refractivity contribution in [2.24, 2.45) is 11.0 Å². The molecule has 1 unspecified atom stereocenters. The smallest absolute Gasteiger partial charge is 0.412 e. The summed E-state index contributed by atoms with van der Waals surface area (Å²) in [4.78, 5) is 121. The first kappa shape index (κ1) is 94.3. The lowest BCUT2D eigenvalue weighted by Gasteiger charge is -2.52. The van der Waals surface area contributed by atoms with Crippen molar-refractivity contribution in [3.63, 3.8) is 0 Å². The third-order valence-electron chi connectivity index (χ3n) is 24.9. The number of hydrogen-bond acceptors (Lipinski definition) is 24. The van der Waals surface area contributed by atoms with Gasteiger partial charge in [-0.3, -0.25) is 14.5 Å². The van der Waals surface area contributed by atoms with Gasteiger partial charge >= 0.3 is 42.4 Å². The van der Waals surface area contributed by atoms with Crippen LogP contribution in [0.3, 0.4) is 0 Å². The molecule has 9 aromatic carbocycles. The number of fused-ring (bicyclic) bond motifs is 2. The van der Waals surface area contributed by atoms with Gasteiger partial charge in [0.15, 0.2) is 37.3 Å². The Bertz CT molecular complexity index is 5310. The lowest BCUT2D eigenvalue weighted by atomic mass is 9.83. The molecule has 15 rings (SSSR count). The van der Waals surface area contributed by atoms with E-state index in [1.807, 2.05) is 178 Å². The number of nitrogens with zero attached hydrogens (tertiary/aromatic N) is 4. The van der Waals surface area contributed by atoms with Crippen LogP contribution >= 0.6 is 0 Å². The van der Waals surface area contributed by atoms with Crippen LogP contribution < -0.4 is 42.0 Å². The maximum atomic E-state index is 15.2. The molecule has 5 amide bonds. The molecule has 9 aromatic rings. The van der Waals surface area contributed by atoms with Gasteiger partial charge in [0.2, 0.25) is 0 Å². The predicted molar refractivity (Wildman–Crippen MR) is 486 cm³/mol. The highest BCUT2D eigenvalue weighted by Crippen LogP contribution is 2.51. The Kier molecular flexibility index (Phi) is 30.7. The fourth-order valence-electron chi connectivity index (χ4n) is 18.8. The topological polar surface area (TPSA) is 378 Å². The predicted octanol–water partition coefficient (Wildman–Crippen LogP) is 12.5. The van der Waals surface area contributed by atoms with Gasteiger partial charge in [0.05, 0.1) is 44.0 Å². The van der Waals surface area contributed by atoms with Crippen LogP contribution in [0.4, 0.5) is 24.0 Å². The van der Waals surface area contributed by atoms with Crippen molar-refractivity contribution >= 4 is 79.8 Å².